The van der Waals surface area contributed by atoms with E-state index in [4.69, 9.17) is 9.94 Å². The molecule has 1 aromatic rings. The molecule has 0 atom stereocenters. The van der Waals surface area contributed by atoms with Gasteiger partial charge in [0.05, 0.1) is 6.21 Å². The molecule has 1 heterocycles. The molecule has 1 aromatic heterocycles. The van der Waals surface area contributed by atoms with Crippen LogP contribution >= 0.6 is 0 Å². The number of oxime groups is 1. The molecule has 0 fully saturated rings. The topological polar surface area (TPSA) is 104 Å². The number of aromatic nitrogens is 1. The maximum atomic E-state index is 11.8. The number of nitrogens with zero attached hydrogens (tertiary/aromatic N) is 2. The molecule has 0 saturated heterocycles. The minimum Gasteiger partial charge on any atom is -0.444 e. The van der Waals surface area contributed by atoms with Crippen molar-refractivity contribution in [2.75, 3.05) is 13.1 Å². The van der Waals surface area contributed by atoms with E-state index in [2.05, 4.69) is 15.8 Å². The van der Waals surface area contributed by atoms with Crippen molar-refractivity contribution in [3.63, 3.8) is 0 Å². The summed E-state index contributed by atoms with van der Waals surface area (Å²) in [4.78, 5) is 23.2. The third-order valence-corrected chi connectivity index (χ3v) is 2.79. The molecule has 2 amide bonds. The van der Waals surface area contributed by atoms with Crippen LogP contribution in [0.2, 0.25) is 0 Å². The molecular formula is C16H25N4O4+. The summed E-state index contributed by atoms with van der Waals surface area (Å²) >= 11 is 0. The number of ether oxygens (including phenoxy) is 1. The highest BCUT2D eigenvalue weighted by molar-refractivity contribution is 5.78. The quantitative estimate of drug-likeness (QED) is 0.225. The van der Waals surface area contributed by atoms with Crippen molar-refractivity contribution >= 4 is 18.2 Å². The highest BCUT2D eigenvalue weighted by atomic mass is 16.6. The molecule has 0 aliphatic rings. The van der Waals surface area contributed by atoms with Gasteiger partial charge in [-0.2, -0.15) is 4.57 Å². The molecule has 0 aliphatic carbocycles. The molecule has 8 heteroatoms. The van der Waals surface area contributed by atoms with Crippen molar-refractivity contribution in [1.82, 2.24) is 10.6 Å². The zero-order chi connectivity index (χ0) is 18.0. The van der Waals surface area contributed by atoms with Gasteiger partial charge in [-0.1, -0.05) is 5.16 Å². The summed E-state index contributed by atoms with van der Waals surface area (Å²) < 4.78 is 6.82. The third-order valence-electron chi connectivity index (χ3n) is 2.79. The number of hydrogen-bond acceptors (Lipinski definition) is 5. The lowest BCUT2D eigenvalue weighted by Crippen LogP contribution is -2.43. The number of rotatable bonds is 7. The molecule has 0 aromatic carbocycles. The zero-order valence-corrected chi connectivity index (χ0v) is 14.3. The lowest BCUT2D eigenvalue weighted by atomic mass is 10.2. The predicted octanol–water partition coefficient (Wildman–Crippen LogP) is 0.813. The van der Waals surface area contributed by atoms with Gasteiger partial charge in [-0.15, -0.1) is 0 Å². The third kappa shape index (κ3) is 8.72. The smallest absolute Gasteiger partial charge is 0.407 e. The van der Waals surface area contributed by atoms with Gasteiger partial charge in [0.1, 0.15) is 5.60 Å². The van der Waals surface area contributed by atoms with Gasteiger partial charge in [-0.3, -0.25) is 4.79 Å². The van der Waals surface area contributed by atoms with E-state index in [1.165, 1.54) is 6.21 Å². The molecular weight excluding hydrogens is 312 g/mol. The maximum absolute atomic E-state index is 11.8. The molecule has 3 N–H and O–H groups in total. The maximum Gasteiger partial charge on any atom is 0.407 e. The summed E-state index contributed by atoms with van der Waals surface area (Å²) in [6, 6.07) is 3.47. The van der Waals surface area contributed by atoms with Crippen LogP contribution in [0.25, 0.3) is 0 Å². The van der Waals surface area contributed by atoms with Crippen molar-refractivity contribution < 1.29 is 24.1 Å². The van der Waals surface area contributed by atoms with Crippen LogP contribution in [0, 0.1) is 0 Å². The van der Waals surface area contributed by atoms with Crippen LogP contribution in [0.3, 0.4) is 0 Å². The molecule has 24 heavy (non-hydrogen) atoms. The fourth-order valence-corrected chi connectivity index (χ4v) is 1.77. The van der Waals surface area contributed by atoms with E-state index in [0.717, 1.165) is 5.56 Å². The molecule has 0 saturated carbocycles. The Bertz CT molecular complexity index is 564. The average molecular weight is 337 g/mol. The average Bonchev–Trinajstić information content (AvgIpc) is 2.47. The molecule has 132 valence electrons. The molecule has 1 rings (SSSR count). The Morgan fingerprint density at radius 1 is 1.25 bits per heavy atom. The van der Waals surface area contributed by atoms with Crippen LogP contribution in [-0.4, -0.2) is 42.1 Å². The van der Waals surface area contributed by atoms with Gasteiger partial charge in [0.15, 0.2) is 12.4 Å². The Hall–Kier alpha value is -2.64. The van der Waals surface area contributed by atoms with Crippen molar-refractivity contribution in [1.29, 1.82) is 0 Å². The number of hydrogen-bond donors (Lipinski definition) is 3. The molecule has 0 aliphatic heterocycles. The molecule has 8 nitrogen and oxygen atoms in total. The lowest BCUT2D eigenvalue weighted by molar-refractivity contribution is -0.684. The van der Waals surface area contributed by atoms with E-state index < -0.39 is 11.7 Å². The summed E-state index contributed by atoms with van der Waals surface area (Å²) in [6.07, 6.45) is 4.90. The minimum atomic E-state index is -0.520. The first-order valence-corrected chi connectivity index (χ1v) is 7.70. The SMILES string of the molecule is CC(C)(C)OC(=O)NCCCNC(=O)C[n+]1ccc(/C=N/O)cc1. The van der Waals surface area contributed by atoms with E-state index in [1.54, 1.807) is 49.9 Å². The van der Waals surface area contributed by atoms with E-state index in [9.17, 15) is 9.59 Å². The van der Waals surface area contributed by atoms with E-state index >= 15 is 0 Å². The van der Waals surface area contributed by atoms with Gasteiger partial charge in [-0.05, 0) is 27.2 Å². The van der Waals surface area contributed by atoms with Gasteiger partial charge in [0.2, 0.25) is 6.54 Å². The summed E-state index contributed by atoms with van der Waals surface area (Å²) in [5.74, 6) is -0.124. The Morgan fingerprint density at radius 2 is 1.88 bits per heavy atom. The number of nitrogens with one attached hydrogen (secondary N) is 2. The van der Waals surface area contributed by atoms with Crippen molar-refractivity contribution in [2.24, 2.45) is 5.16 Å². The van der Waals surface area contributed by atoms with Gasteiger partial charge in [0, 0.05) is 30.8 Å². The summed E-state index contributed by atoms with van der Waals surface area (Å²) in [7, 11) is 0. The van der Waals surface area contributed by atoms with Gasteiger partial charge in [-0.25, -0.2) is 4.79 Å². The Balaban J connectivity index is 2.19. The van der Waals surface area contributed by atoms with Crippen LogP contribution < -0.4 is 15.2 Å². The summed E-state index contributed by atoms with van der Waals surface area (Å²) in [5, 5.41) is 16.8. The predicted molar refractivity (Wildman–Crippen MR) is 87.9 cm³/mol. The number of pyridine rings is 1. The van der Waals surface area contributed by atoms with Crippen molar-refractivity contribution in [2.45, 2.75) is 39.3 Å². The fourth-order valence-electron chi connectivity index (χ4n) is 1.77. The van der Waals surface area contributed by atoms with Gasteiger partial charge in [0.25, 0.3) is 5.91 Å². The Kier molecular flexibility index (Phi) is 7.67. The second-order valence-electron chi connectivity index (χ2n) is 6.18. The van der Waals surface area contributed by atoms with Crippen LogP contribution in [0.5, 0.6) is 0 Å². The zero-order valence-electron chi connectivity index (χ0n) is 14.3. The number of carbonyl (C=O) groups is 2. The van der Waals surface area contributed by atoms with Crippen LogP contribution in [0.15, 0.2) is 29.7 Å². The first-order valence-electron chi connectivity index (χ1n) is 7.70. The molecule has 0 bridgehead atoms. The van der Waals surface area contributed by atoms with Gasteiger partial charge >= 0.3 is 6.09 Å². The molecule has 0 unspecified atom stereocenters. The molecule has 0 radical (unpaired) electrons. The summed E-state index contributed by atoms with van der Waals surface area (Å²) in [6.45, 7) is 6.48. The van der Waals surface area contributed by atoms with E-state index in [0.29, 0.717) is 19.5 Å². The normalized spacial score (nSPS) is 11.3. The van der Waals surface area contributed by atoms with Crippen LogP contribution in [-0.2, 0) is 16.1 Å². The Labute approximate surface area is 141 Å². The standard InChI is InChI=1S/C16H24N4O4/c1-16(2,3)24-15(22)18-8-4-7-17-14(21)12-20-9-5-13(6-10-20)11-19-23/h5-6,9-11H,4,7-8,12H2,1-3H3,(H2,17,18,21,22)/p+1. The summed E-state index contributed by atoms with van der Waals surface area (Å²) in [5.41, 5.74) is 0.219. The number of amides is 2. The monoisotopic (exact) mass is 337 g/mol. The van der Waals surface area contributed by atoms with Crippen molar-refractivity contribution in [3.8, 4) is 0 Å². The van der Waals surface area contributed by atoms with E-state index in [-0.39, 0.29) is 12.5 Å². The Morgan fingerprint density at radius 3 is 2.46 bits per heavy atom. The first-order chi connectivity index (χ1) is 11.3. The lowest BCUT2D eigenvalue weighted by Gasteiger charge is -2.19. The van der Waals surface area contributed by atoms with Crippen LogP contribution in [0.1, 0.15) is 32.8 Å². The molecule has 0 spiro atoms. The first kappa shape index (κ1) is 19.4. The van der Waals surface area contributed by atoms with Crippen molar-refractivity contribution in [3.05, 3.63) is 30.1 Å². The second kappa shape index (κ2) is 9.49. The second-order valence-corrected chi connectivity index (χ2v) is 6.18. The number of carbonyl (C=O) groups excluding carboxylic acids is 2. The fraction of sp³-hybridized carbons (Fsp3) is 0.500. The van der Waals surface area contributed by atoms with Crippen LogP contribution in [0.4, 0.5) is 4.79 Å². The minimum absolute atomic E-state index is 0.124. The van der Waals surface area contributed by atoms with Gasteiger partial charge < -0.3 is 20.6 Å². The van der Waals surface area contributed by atoms with E-state index in [1.807, 2.05) is 0 Å². The number of alkyl carbamates (subject to hydrolysis) is 1. The highest BCUT2D eigenvalue weighted by Crippen LogP contribution is 2.06. The highest BCUT2D eigenvalue weighted by Gasteiger charge is 2.15. The largest absolute Gasteiger partial charge is 0.444 e.